The molecule has 1 aromatic heterocycles. The minimum Gasteiger partial charge on any atom is -0.313 e. The molecular weight excluding hydrogens is 228 g/mol. The van der Waals surface area contributed by atoms with Gasteiger partial charge in [0.15, 0.2) is 5.78 Å². The lowest BCUT2D eigenvalue weighted by atomic mass is 10.2. The minimum atomic E-state index is -0.517. The number of thioether (sulfide) groups is 1. The third kappa shape index (κ3) is 2.63. The first-order chi connectivity index (χ1) is 7.47. The Balaban J connectivity index is 3.27. The largest absolute Gasteiger partial charge is 0.328 e. The first-order valence-electron chi connectivity index (χ1n) is 4.83. The Bertz CT molecular complexity index is 504. The van der Waals surface area contributed by atoms with Crippen molar-refractivity contribution in [2.45, 2.75) is 25.6 Å². The fourth-order valence-corrected chi connectivity index (χ4v) is 1.56. The van der Waals surface area contributed by atoms with Crippen LogP contribution >= 0.6 is 11.8 Å². The predicted octanol–water partition coefficient (Wildman–Crippen LogP) is 0.491. The van der Waals surface area contributed by atoms with Gasteiger partial charge in [-0.3, -0.25) is 14.2 Å². The Morgan fingerprint density at radius 2 is 2.19 bits per heavy atom. The maximum atomic E-state index is 11.8. The van der Waals surface area contributed by atoms with Gasteiger partial charge in [-0.1, -0.05) is 6.92 Å². The van der Waals surface area contributed by atoms with Gasteiger partial charge in [0.25, 0.3) is 5.56 Å². The molecule has 6 heteroatoms. The molecule has 1 N–H and O–H groups in total. The highest BCUT2D eigenvalue weighted by Crippen LogP contribution is 2.05. The number of hydrogen-bond acceptors (Lipinski definition) is 4. The zero-order chi connectivity index (χ0) is 12.3. The van der Waals surface area contributed by atoms with E-state index in [-0.39, 0.29) is 16.6 Å². The van der Waals surface area contributed by atoms with E-state index >= 15 is 0 Å². The van der Waals surface area contributed by atoms with Crippen molar-refractivity contribution in [1.82, 2.24) is 9.55 Å². The third-order valence-corrected chi connectivity index (χ3v) is 3.24. The number of aromatic nitrogens is 2. The Labute approximate surface area is 96.9 Å². The summed E-state index contributed by atoms with van der Waals surface area (Å²) < 4.78 is 1.07. The highest BCUT2D eigenvalue weighted by atomic mass is 32.2. The van der Waals surface area contributed by atoms with Gasteiger partial charge >= 0.3 is 5.69 Å². The highest BCUT2D eigenvalue weighted by Gasteiger charge is 2.12. The minimum absolute atomic E-state index is 0.0212. The van der Waals surface area contributed by atoms with E-state index in [4.69, 9.17) is 0 Å². The molecule has 5 nitrogen and oxygen atoms in total. The maximum Gasteiger partial charge on any atom is 0.328 e. The molecule has 0 saturated heterocycles. The molecule has 0 aliphatic carbocycles. The summed E-state index contributed by atoms with van der Waals surface area (Å²) >= 11 is 1.55. The van der Waals surface area contributed by atoms with Crippen LogP contribution in [0.1, 0.15) is 24.2 Å². The Morgan fingerprint density at radius 1 is 1.56 bits per heavy atom. The maximum absolute atomic E-state index is 11.8. The van der Waals surface area contributed by atoms with Crippen LogP contribution in [0.25, 0.3) is 0 Å². The monoisotopic (exact) mass is 242 g/mol. The normalized spacial score (nSPS) is 12.4. The first kappa shape index (κ1) is 12.8. The number of aromatic amines is 1. The number of hydrogen-bond donors (Lipinski definition) is 1. The van der Waals surface area contributed by atoms with E-state index in [9.17, 15) is 14.4 Å². The number of Topliss-reactive ketones (excluding diaryl/α,β-unsaturated/α-hetero) is 1. The molecule has 0 aliphatic rings. The van der Waals surface area contributed by atoms with Crippen LogP contribution in [0.4, 0.5) is 0 Å². The number of H-pyrrole nitrogens is 1. The summed E-state index contributed by atoms with van der Waals surface area (Å²) in [6.07, 6.45) is 3.08. The van der Waals surface area contributed by atoms with E-state index in [2.05, 4.69) is 4.98 Å². The molecule has 16 heavy (non-hydrogen) atoms. The molecule has 1 atom stereocenters. The summed E-state index contributed by atoms with van der Waals surface area (Å²) in [6.45, 7) is 3.52. The van der Waals surface area contributed by atoms with Crippen LogP contribution in [0.15, 0.2) is 15.8 Å². The molecule has 1 heterocycles. The molecule has 0 radical (unpaired) electrons. The Kier molecular flexibility index (Phi) is 4.12. The SMILES string of the molecule is CSC(C)Cn1c(=O)[nH]cc(C(C)=O)c1=O. The summed E-state index contributed by atoms with van der Waals surface area (Å²) in [5.74, 6) is -0.341. The van der Waals surface area contributed by atoms with Gasteiger partial charge in [0.2, 0.25) is 0 Å². The molecule has 0 aliphatic heterocycles. The zero-order valence-electron chi connectivity index (χ0n) is 9.44. The summed E-state index contributed by atoms with van der Waals surface area (Å²) in [4.78, 5) is 36.8. The van der Waals surface area contributed by atoms with Gasteiger partial charge in [-0.15, -0.1) is 0 Å². The van der Waals surface area contributed by atoms with Gasteiger partial charge in [-0.2, -0.15) is 11.8 Å². The zero-order valence-corrected chi connectivity index (χ0v) is 10.3. The van der Waals surface area contributed by atoms with Crippen molar-refractivity contribution in [3.8, 4) is 0 Å². The first-order valence-corrected chi connectivity index (χ1v) is 6.12. The average molecular weight is 242 g/mol. The fourth-order valence-electron chi connectivity index (χ4n) is 1.26. The van der Waals surface area contributed by atoms with Crippen molar-refractivity contribution < 1.29 is 4.79 Å². The molecule has 0 aromatic carbocycles. The number of carbonyl (C=O) groups excluding carboxylic acids is 1. The predicted molar refractivity (Wildman–Crippen MR) is 64.3 cm³/mol. The smallest absolute Gasteiger partial charge is 0.313 e. The second-order valence-corrected chi connectivity index (χ2v) is 4.80. The number of nitrogens with zero attached hydrogens (tertiary/aromatic N) is 1. The van der Waals surface area contributed by atoms with E-state index in [1.54, 1.807) is 11.8 Å². The molecule has 0 bridgehead atoms. The van der Waals surface area contributed by atoms with E-state index in [1.165, 1.54) is 13.1 Å². The molecule has 0 fully saturated rings. The van der Waals surface area contributed by atoms with Crippen molar-refractivity contribution in [2.75, 3.05) is 6.26 Å². The van der Waals surface area contributed by atoms with Crippen LogP contribution in [0.3, 0.4) is 0 Å². The van der Waals surface area contributed by atoms with Crippen molar-refractivity contribution in [2.24, 2.45) is 0 Å². The molecule has 0 spiro atoms. The Morgan fingerprint density at radius 3 is 2.69 bits per heavy atom. The molecule has 0 amide bonds. The molecule has 1 aromatic rings. The third-order valence-electron chi connectivity index (χ3n) is 2.28. The molecular formula is C10H14N2O3S. The van der Waals surface area contributed by atoms with Crippen LogP contribution in [-0.2, 0) is 6.54 Å². The summed E-state index contributed by atoms with van der Waals surface area (Å²) in [5.41, 5.74) is -0.971. The standard InChI is InChI=1S/C10H14N2O3S/c1-6(16-3)5-12-9(14)8(7(2)13)4-11-10(12)15/h4,6H,5H2,1-3H3,(H,11,15). The van der Waals surface area contributed by atoms with Gasteiger partial charge in [0.1, 0.15) is 0 Å². The van der Waals surface area contributed by atoms with Crippen molar-refractivity contribution in [3.63, 3.8) is 0 Å². The van der Waals surface area contributed by atoms with Crippen molar-refractivity contribution in [1.29, 1.82) is 0 Å². The van der Waals surface area contributed by atoms with Crippen molar-refractivity contribution >= 4 is 17.5 Å². The number of rotatable bonds is 4. The van der Waals surface area contributed by atoms with Crippen LogP contribution in [0.2, 0.25) is 0 Å². The van der Waals surface area contributed by atoms with Crippen LogP contribution < -0.4 is 11.2 Å². The number of carbonyl (C=O) groups is 1. The number of ketones is 1. The van der Waals surface area contributed by atoms with Gasteiger partial charge in [-0.05, 0) is 13.2 Å². The quantitative estimate of drug-likeness (QED) is 0.780. The second-order valence-electron chi connectivity index (χ2n) is 3.53. The lowest BCUT2D eigenvalue weighted by Crippen LogP contribution is -2.39. The van der Waals surface area contributed by atoms with Gasteiger partial charge in [-0.25, -0.2) is 4.79 Å². The summed E-state index contributed by atoms with van der Waals surface area (Å²) in [5, 5.41) is 0.140. The number of nitrogens with one attached hydrogen (secondary N) is 1. The van der Waals surface area contributed by atoms with Crippen molar-refractivity contribution in [3.05, 3.63) is 32.6 Å². The topological polar surface area (TPSA) is 71.9 Å². The van der Waals surface area contributed by atoms with E-state index in [0.717, 1.165) is 4.57 Å². The average Bonchev–Trinajstić information content (AvgIpc) is 2.23. The fraction of sp³-hybridized carbons (Fsp3) is 0.500. The van der Waals surface area contributed by atoms with E-state index < -0.39 is 11.2 Å². The van der Waals surface area contributed by atoms with Crippen LogP contribution in [-0.4, -0.2) is 26.8 Å². The van der Waals surface area contributed by atoms with Gasteiger partial charge in [0.05, 0.1) is 5.56 Å². The molecule has 1 rings (SSSR count). The molecule has 1 unspecified atom stereocenters. The highest BCUT2D eigenvalue weighted by molar-refractivity contribution is 7.99. The summed E-state index contributed by atoms with van der Waals surface area (Å²) in [7, 11) is 0. The molecule has 0 saturated carbocycles. The van der Waals surface area contributed by atoms with Gasteiger partial charge in [0, 0.05) is 18.0 Å². The van der Waals surface area contributed by atoms with Crippen LogP contribution in [0.5, 0.6) is 0 Å². The Hall–Kier alpha value is -1.30. The lowest BCUT2D eigenvalue weighted by molar-refractivity contribution is 0.101. The second kappa shape index (κ2) is 5.16. The van der Waals surface area contributed by atoms with E-state index in [0.29, 0.717) is 6.54 Å². The lowest BCUT2D eigenvalue weighted by Gasteiger charge is -2.10. The molecule has 88 valence electrons. The summed E-state index contributed by atoms with van der Waals surface area (Å²) in [6, 6.07) is 0. The van der Waals surface area contributed by atoms with E-state index in [1.807, 2.05) is 13.2 Å². The van der Waals surface area contributed by atoms with Gasteiger partial charge < -0.3 is 4.98 Å². The van der Waals surface area contributed by atoms with Crippen LogP contribution in [0, 0.1) is 0 Å².